The maximum atomic E-state index is 12.3. The Morgan fingerprint density at radius 3 is 2.31 bits per heavy atom. The molecule has 5 nitrogen and oxygen atoms in total. The number of hydrogen-bond donors (Lipinski definition) is 2. The molecule has 0 bridgehead atoms. The smallest absolute Gasteiger partial charge is 0.191 e. The van der Waals surface area contributed by atoms with E-state index < -0.39 is 10.8 Å². The van der Waals surface area contributed by atoms with Gasteiger partial charge in [0.25, 0.3) is 0 Å². The number of benzene rings is 2. The van der Waals surface area contributed by atoms with Gasteiger partial charge >= 0.3 is 0 Å². The molecule has 176 valence electrons. The highest BCUT2D eigenvalue weighted by atomic mass is 127. The Labute approximate surface area is 212 Å². The number of guanidine groups is 1. The number of likely N-dealkylation sites (tertiary alicyclic amines) is 1. The standard InChI is InChI=1S/C25H36N4OS.HI/c1-2-26-25(27-15-18-31(30)21-24-9-5-3-6-10-24)28-19-22-11-13-23(14-12-22)20-29-16-7-4-8-17-29;/h3,5-6,9-14H,2,4,7-8,15-21H2,1H3,(H2,26,27,28);1H. The van der Waals surface area contributed by atoms with Crippen molar-refractivity contribution in [3.63, 3.8) is 0 Å². The van der Waals surface area contributed by atoms with Crippen LogP contribution >= 0.6 is 24.0 Å². The van der Waals surface area contributed by atoms with Crippen LogP contribution in [0.2, 0.25) is 0 Å². The van der Waals surface area contributed by atoms with Gasteiger partial charge in [-0.15, -0.1) is 24.0 Å². The minimum Gasteiger partial charge on any atom is -0.357 e. The molecular formula is C25H37IN4OS. The van der Waals surface area contributed by atoms with E-state index in [1.54, 1.807) is 0 Å². The van der Waals surface area contributed by atoms with Crippen molar-refractivity contribution in [1.29, 1.82) is 0 Å². The first kappa shape index (κ1) is 26.8. The third kappa shape index (κ3) is 10.0. The van der Waals surface area contributed by atoms with Crippen LogP contribution in [0.1, 0.15) is 42.9 Å². The highest BCUT2D eigenvalue weighted by molar-refractivity contribution is 14.0. The van der Waals surface area contributed by atoms with Crippen LogP contribution in [-0.2, 0) is 29.6 Å². The zero-order valence-electron chi connectivity index (χ0n) is 19.1. The molecule has 1 unspecified atom stereocenters. The zero-order valence-corrected chi connectivity index (χ0v) is 22.2. The van der Waals surface area contributed by atoms with Crippen molar-refractivity contribution < 1.29 is 4.21 Å². The summed E-state index contributed by atoms with van der Waals surface area (Å²) in [6.07, 6.45) is 4.03. The minimum atomic E-state index is -0.887. The molecule has 1 atom stereocenters. The van der Waals surface area contributed by atoms with Crippen LogP contribution < -0.4 is 10.6 Å². The van der Waals surface area contributed by atoms with Gasteiger partial charge in [0, 0.05) is 41.9 Å². The fourth-order valence-corrected chi connectivity index (χ4v) is 4.79. The Hall–Kier alpha value is -1.45. The lowest BCUT2D eigenvalue weighted by atomic mass is 10.1. The number of nitrogens with one attached hydrogen (secondary N) is 2. The Kier molecular flexibility index (Phi) is 12.9. The van der Waals surface area contributed by atoms with E-state index in [1.165, 1.54) is 43.5 Å². The lowest BCUT2D eigenvalue weighted by Crippen LogP contribution is -2.39. The monoisotopic (exact) mass is 568 g/mol. The summed E-state index contributed by atoms with van der Waals surface area (Å²) < 4.78 is 12.3. The summed E-state index contributed by atoms with van der Waals surface area (Å²) in [6, 6.07) is 18.8. The van der Waals surface area contributed by atoms with Gasteiger partial charge in [0.2, 0.25) is 0 Å². The van der Waals surface area contributed by atoms with E-state index in [4.69, 9.17) is 4.99 Å². The van der Waals surface area contributed by atoms with E-state index in [-0.39, 0.29) is 24.0 Å². The minimum absolute atomic E-state index is 0. The van der Waals surface area contributed by atoms with E-state index in [0.29, 0.717) is 24.6 Å². The lowest BCUT2D eigenvalue weighted by Gasteiger charge is -2.26. The second kappa shape index (κ2) is 15.4. The highest BCUT2D eigenvalue weighted by Gasteiger charge is 2.10. The van der Waals surface area contributed by atoms with Crippen molar-refractivity contribution in [1.82, 2.24) is 15.5 Å². The SMILES string of the molecule is CCNC(=NCc1ccc(CN2CCCCC2)cc1)NCCS(=O)Cc1ccccc1.I. The summed E-state index contributed by atoms with van der Waals surface area (Å²) in [5, 5.41) is 6.59. The molecule has 1 fully saturated rings. The molecule has 32 heavy (non-hydrogen) atoms. The van der Waals surface area contributed by atoms with Gasteiger partial charge in [-0.25, -0.2) is 4.99 Å². The van der Waals surface area contributed by atoms with Gasteiger partial charge in [-0.2, -0.15) is 0 Å². The van der Waals surface area contributed by atoms with E-state index in [0.717, 1.165) is 24.6 Å². The molecule has 2 N–H and O–H groups in total. The predicted octanol–water partition coefficient (Wildman–Crippen LogP) is 4.29. The molecule has 0 saturated carbocycles. The average molecular weight is 569 g/mol. The van der Waals surface area contributed by atoms with Gasteiger partial charge in [-0.3, -0.25) is 9.11 Å². The van der Waals surface area contributed by atoms with Crippen molar-refractivity contribution in [2.24, 2.45) is 4.99 Å². The molecule has 1 heterocycles. The van der Waals surface area contributed by atoms with Crippen molar-refractivity contribution in [2.75, 3.05) is 31.9 Å². The predicted molar refractivity (Wildman–Crippen MR) is 147 cm³/mol. The molecule has 1 aliphatic rings. The Bertz CT molecular complexity index is 824. The van der Waals surface area contributed by atoms with Gasteiger partial charge in [-0.05, 0) is 49.5 Å². The lowest BCUT2D eigenvalue weighted by molar-refractivity contribution is 0.221. The summed E-state index contributed by atoms with van der Waals surface area (Å²) in [7, 11) is -0.887. The largest absolute Gasteiger partial charge is 0.357 e. The topological polar surface area (TPSA) is 56.7 Å². The third-order valence-electron chi connectivity index (χ3n) is 5.43. The van der Waals surface area contributed by atoms with Crippen LogP contribution in [0.3, 0.4) is 0 Å². The van der Waals surface area contributed by atoms with Crippen molar-refractivity contribution in [3.05, 3.63) is 71.3 Å². The normalized spacial score (nSPS) is 15.6. The summed E-state index contributed by atoms with van der Waals surface area (Å²) in [6.45, 7) is 7.62. The first-order valence-electron chi connectivity index (χ1n) is 11.4. The maximum Gasteiger partial charge on any atom is 0.191 e. The van der Waals surface area contributed by atoms with E-state index >= 15 is 0 Å². The molecule has 2 aromatic rings. The molecule has 0 aliphatic carbocycles. The summed E-state index contributed by atoms with van der Waals surface area (Å²) >= 11 is 0. The summed E-state index contributed by atoms with van der Waals surface area (Å²) in [5.74, 6) is 1.97. The zero-order chi connectivity index (χ0) is 21.7. The molecule has 0 amide bonds. The number of halogens is 1. The van der Waals surface area contributed by atoms with Crippen LogP contribution in [0, 0.1) is 0 Å². The number of aliphatic imine (C=N–C) groups is 1. The van der Waals surface area contributed by atoms with Crippen LogP contribution in [0.5, 0.6) is 0 Å². The Balaban J connectivity index is 0.00000363. The molecule has 7 heteroatoms. The quantitative estimate of drug-likeness (QED) is 0.255. The van der Waals surface area contributed by atoms with E-state index in [9.17, 15) is 4.21 Å². The fraction of sp³-hybridized carbons (Fsp3) is 0.480. The van der Waals surface area contributed by atoms with Gasteiger partial charge in [0.15, 0.2) is 5.96 Å². The van der Waals surface area contributed by atoms with Crippen LogP contribution in [0.25, 0.3) is 0 Å². The molecule has 1 saturated heterocycles. The van der Waals surface area contributed by atoms with Gasteiger partial charge < -0.3 is 10.6 Å². The number of nitrogens with zero attached hydrogens (tertiary/aromatic N) is 2. The molecule has 2 aromatic carbocycles. The fourth-order valence-electron chi connectivity index (χ4n) is 3.75. The van der Waals surface area contributed by atoms with Crippen LogP contribution in [-0.4, -0.2) is 47.0 Å². The molecule has 0 spiro atoms. The molecule has 3 rings (SSSR count). The van der Waals surface area contributed by atoms with Crippen LogP contribution in [0.4, 0.5) is 0 Å². The second-order valence-corrected chi connectivity index (χ2v) is 9.63. The van der Waals surface area contributed by atoms with Crippen molar-refractivity contribution >= 4 is 40.7 Å². The third-order valence-corrected chi connectivity index (χ3v) is 6.75. The highest BCUT2D eigenvalue weighted by Crippen LogP contribution is 2.14. The van der Waals surface area contributed by atoms with Crippen LogP contribution in [0.15, 0.2) is 59.6 Å². The summed E-state index contributed by atoms with van der Waals surface area (Å²) in [4.78, 5) is 7.24. The average Bonchev–Trinajstić information content (AvgIpc) is 2.80. The molecule has 0 aromatic heterocycles. The number of piperidine rings is 1. The Morgan fingerprint density at radius 1 is 0.938 bits per heavy atom. The van der Waals surface area contributed by atoms with E-state index in [1.807, 2.05) is 30.3 Å². The second-order valence-electron chi connectivity index (χ2n) is 8.05. The van der Waals surface area contributed by atoms with E-state index in [2.05, 4.69) is 46.7 Å². The van der Waals surface area contributed by atoms with Gasteiger partial charge in [0.1, 0.15) is 0 Å². The van der Waals surface area contributed by atoms with Crippen molar-refractivity contribution in [3.8, 4) is 0 Å². The molecule has 1 aliphatic heterocycles. The first-order chi connectivity index (χ1) is 15.2. The molecular weight excluding hydrogens is 531 g/mol. The summed E-state index contributed by atoms with van der Waals surface area (Å²) in [5.41, 5.74) is 3.69. The number of rotatable bonds is 10. The first-order valence-corrected chi connectivity index (χ1v) is 12.9. The maximum absolute atomic E-state index is 12.3. The van der Waals surface area contributed by atoms with Crippen molar-refractivity contribution in [2.45, 2.75) is 45.0 Å². The number of hydrogen-bond acceptors (Lipinski definition) is 3. The van der Waals surface area contributed by atoms with Gasteiger partial charge in [0.05, 0.1) is 6.54 Å². The van der Waals surface area contributed by atoms with Gasteiger partial charge in [-0.1, -0.05) is 61.0 Å². The molecule has 0 radical (unpaired) electrons. The Morgan fingerprint density at radius 2 is 1.62 bits per heavy atom.